The summed E-state index contributed by atoms with van der Waals surface area (Å²) in [5, 5.41) is 8.59. The van der Waals surface area contributed by atoms with Crippen LogP contribution in [0.3, 0.4) is 0 Å². The SMILES string of the molecule is COCc1cc(F)c(OC)c(CCCC(=O)O)c1. The number of aliphatic carboxylic acids is 1. The lowest BCUT2D eigenvalue weighted by Gasteiger charge is -2.11. The number of halogens is 1. The van der Waals surface area contributed by atoms with E-state index in [1.54, 1.807) is 6.07 Å². The third kappa shape index (κ3) is 4.00. The largest absolute Gasteiger partial charge is 0.493 e. The molecule has 0 fully saturated rings. The van der Waals surface area contributed by atoms with Crippen molar-refractivity contribution in [1.29, 1.82) is 0 Å². The van der Waals surface area contributed by atoms with Crippen molar-refractivity contribution in [3.05, 3.63) is 29.1 Å². The predicted molar refractivity (Wildman–Crippen MR) is 64.2 cm³/mol. The van der Waals surface area contributed by atoms with Gasteiger partial charge in [0.15, 0.2) is 11.6 Å². The average Bonchev–Trinajstić information content (AvgIpc) is 2.28. The summed E-state index contributed by atoms with van der Waals surface area (Å²) in [6, 6.07) is 3.15. The zero-order valence-corrected chi connectivity index (χ0v) is 10.5. The highest BCUT2D eigenvalue weighted by Gasteiger charge is 2.12. The van der Waals surface area contributed by atoms with Crippen molar-refractivity contribution in [3.8, 4) is 5.75 Å². The van der Waals surface area contributed by atoms with Crippen LogP contribution in [0.4, 0.5) is 4.39 Å². The first kappa shape index (κ1) is 14.4. The fraction of sp³-hybridized carbons (Fsp3) is 0.462. The molecule has 0 radical (unpaired) electrons. The summed E-state index contributed by atoms with van der Waals surface area (Å²) in [5.41, 5.74) is 1.38. The molecule has 0 amide bonds. The number of aryl methyl sites for hydroxylation is 1. The van der Waals surface area contributed by atoms with Gasteiger partial charge in [0, 0.05) is 13.5 Å². The number of carbonyl (C=O) groups is 1. The van der Waals surface area contributed by atoms with E-state index in [1.807, 2.05) is 0 Å². The van der Waals surface area contributed by atoms with Crippen molar-refractivity contribution in [2.75, 3.05) is 14.2 Å². The second-order valence-electron chi connectivity index (χ2n) is 3.95. The first-order valence-electron chi connectivity index (χ1n) is 5.64. The van der Waals surface area contributed by atoms with E-state index in [1.165, 1.54) is 20.3 Å². The molecule has 0 saturated heterocycles. The normalized spacial score (nSPS) is 10.4. The van der Waals surface area contributed by atoms with Crippen LogP contribution in [-0.4, -0.2) is 25.3 Å². The first-order chi connectivity index (χ1) is 8.58. The van der Waals surface area contributed by atoms with E-state index in [2.05, 4.69) is 0 Å². The zero-order valence-electron chi connectivity index (χ0n) is 10.5. The molecule has 1 rings (SSSR count). The number of methoxy groups -OCH3 is 2. The minimum absolute atomic E-state index is 0.0548. The summed E-state index contributed by atoms with van der Waals surface area (Å²) in [4.78, 5) is 10.5. The van der Waals surface area contributed by atoms with E-state index in [0.29, 0.717) is 30.6 Å². The van der Waals surface area contributed by atoms with Crippen molar-refractivity contribution in [1.82, 2.24) is 0 Å². The van der Waals surface area contributed by atoms with E-state index in [0.717, 1.165) is 0 Å². The molecule has 0 aromatic heterocycles. The smallest absolute Gasteiger partial charge is 0.303 e. The summed E-state index contributed by atoms with van der Waals surface area (Å²) in [7, 11) is 2.93. The maximum atomic E-state index is 13.7. The van der Waals surface area contributed by atoms with E-state index in [4.69, 9.17) is 14.6 Å². The lowest BCUT2D eigenvalue weighted by atomic mass is 10.0. The minimum Gasteiger partial charge on any atom is -0.493 e. The highest BCUT2D eigenvalue weighted by atomic mass is 19.1. The third-order valence-corrected chi connectivity index (χ3v) is 2.53. The van der Waals surface area contributed by atoms with Gasteiger partial charge in [-0.05, 0) is 36.1 Å². The average molecular weight is 256 g/mol. The Balaban J connectivity index is 2.87. The van der Waals surface area contributed by atoms with Crippen molar-refractivity contribution >= 4 is 5.97 Å². The maximum absolute atomic E-state index is 13.7. The zero-order chi connectivity index (χ0) is 13.5. The molecule has 100 valence electrons. The summed E-state index contributed by atoms with van der Waals surface area (Å²) < 4.78 is 23.7. The molecule has 0 aliphatic heterocycles. The number of carboxylic acids is 1. The van der Waals surface area contributed by atoms with Crippen LogP contribution in [0.5, 0.6) is 5.75 Å². The molecule has 0 aliphatic carbocycles. The molecular weight excluding hydrogens is 239 g/mol. The number of hydrogen-bond donors (Lipinski definition) is 1. The summed E-state index contributed by atoms with van der Waals surface area (Å²) in [6.45, 7) is 0.312. The lowest BCUT2D eigenvalue weighted by molar-refractivity contribution is -0.137. The molecule has 1 N–H and O–H groups in total. The van der Waals surface area contributed by atoms with Crippen LogP contribution in [0.25, 0.3) is 0 Å². The Labute approximate surface area is 105 Å². The van der Waals surface area contributed by atoms with E-state index >= 15 is 0 Å². The monoisotopic (exact) mass is 256 g/mol. The summed E-state index contributed by atoms with van der Waals surface area (Å²) >= 11 is 0. The Hall–Kier alpha value is -1.62. The minimum atomic E-state index is -0.859. The van der Waals surface area contributed by atoms with Gasteiger partial charge < -0.3 is 14.6 Å². The molecule has 0 unspecified atom stereocenters. The van der Waals surface area contributed by atoms with Crippen LogP contribution in [-0.2, 0) is 22.6 Å². The first-order valence-corrected chi connectivity index (χ1v) is 5.64. The highest BCUT2D eigenvalue weighted by molar-refractivity contribution is 5.66. The molecule has 18 heavy (non-hydrogen) atoms. The van der Waals surface area contributed by atoms with Gasteiger partial charge >= 0.3 is 5.97 Å². The van der Waals surface area contributed by atoms with Gasteiger partial charge in [-0.2, -0.15) is 0 Å². The van der Waals surface area contributed by atoms with Crippen LogP contribution in [0.2, 0.25) is 0 Å². The van der Waals surface area contributed by atoms with Gasteiger partial charge in [-0.1, -0.05) is 0 Å². The van der Waals surface area contributed by atoms with Crippen molar-refractivity contribution in [3.63, 3.8) is 0 Å². The Bertz CT molecular complexity index is 418. The Morgan fingerprint density at radius 2 is 2.11 bits per heavy atom. The second kappa shape index (κ2) is 6.96. The van der Waals surface area contributed by atoms with Crippen LogP contribution in [0.15, 0.2) is 12.1 Å². The van der Waals surface area contributed by atoms with Gasteiger partial charge in [0.2, 0.25) is 0 Å². The molecule has 0 saturated carbocycles. The predicted octanol–water partition coefficient (Wildman–Crippen LogP) is 2.39. The van der Waals surface area contributed by atoms with Crippen molar-refractivity contribution in [2.45, 2.75) is 25.9 Å². The van der Waals surface area contributed by atoms with Gasteiger partial charge in [0.1, 0.15) is 0 Å². The topological polar surface area (TPSA) is 55.8 Å². The molecule has 0 bridgehead atoms. The fourth-order valence-electron chi connectivity index (χ4n) is 1.81. The van der Waals surface area contributed by atoms with Crippen LogP contribution >= 0.6 is 0 Å². The number of carboxylic acid groups (broad SMARTS) is 1. The quantitative estimate of drug-likeness (QED) is 0.813. The number of rotatable bonds is 7. The van der Waals surface area contributed by atoms with Crippen LogP contribution < -0.4 is 4.74 Å². The van der Waals surface area contributed by atoms with Gasteiger partial charge in [-0.25, -0.2) is 4.39 Å². The molecule has 4 nitrogen and oxygen atoms in total. The molecular formula is C13H17FO4. The maximum Gasteiger partial charge on any atom is 0.303 e. The van der Waals surface area contributed by atoms with E-state index < -0.39 is 11.8 Å². The summed E-state index contributed by atoms with van der Waals surface area (Å²) in [6.07, 6.45) is 0.963. The van der Waals surface area contributed by atoms with Crippen molar-refractivity contribution < 1.29 is 23.8 Å². The van der Waals surface area contributed by atoms with Gasteiger partial charge in [0.25, 0.3) is 0 Å². The molecule has 1 aromatic carbocycles. The highest BCUT2D eigenvalue weighted by Crippen LogP contribution is 2.26. The number of ether oxygens (including phenoxy) is 2. The summed E-state index contributed by atoms with van der Waals surface area (Å²) in [5.74, 6) is -1.12. The Morgan fingerprint density at radius 1 is 1.39 bits per heavy atom. The molecule has 5 heteroatoms. The second-order valence-corrected chi connectivity index (χ2v) is 3.95. The van der Waals surface area contributed by atoms with E-state index in [9.17, 15) is 9.18 Å². The van der Waals surface area contributed by atoms with Gasteiger partial charge in [0.05, 0.1) is 13.7 Å². The molecule has 1 aromatic rings. The third-order valence-electron chi connectivity index (χ3n) is 2.53. The lowest BCUT2D eigenvalue weighted by Crippen LogP contribution is -2.01. The van der Waals surface area contributed by atoms with Gasteiger partial charge in [-0.15, -0.1) is 0 Å². The van der Waals surface area contributed by atoms with Gasteiger partial charge in [-0.3, -0.25) is 4.79 Å². The number of hydrogen-bond acceptors (Lipinski definition) is 3. The van der Waals surface area contributed by atoms with E-state index in [-0.39, 0.29) is 12.2 Å². The Morgan fingerprint density at radius 3 is 2.67 bits per heavy atom. The molecule has 0 heterocycles. The molecule has 0 aliphatic rings. The number of benzene rings is 1. The standard InChI is InChI=1S/C13H17FO4/c1-17-8-9-6-10(4-3-5-12(15)16)13(18-2)11(14)7-9/h6-7H,3-5,8H2,1-2H3,(H,15,16). The van der Waals surface area contributed by atoms with Crippen molar-refractivity contribution in [2.24, 2.45) is 0 Å². The van der Waals surface area contributed by atoms with Crippen LogP contribution in [0.1, 0.15) is 24.0 Å². The Kier molecular flexibility index (Phi) is 5.58. The fourth-order valence-corrected chi connectivity index (χ4v) is 1.81. The molecule has 0 spiro atoms. The van der Waals surface area contributed by atoms with Crippen LogP contribution in [0, 0.1) is 5.82 Å². The molecule has 0 atom stereocenters.